The molecular weight excluding hydrogens is 416 g/mol. The number of nitrogens with zero attached hydrogens (tertiary/aromatic N) is 1. The van der Waals surface area contributed by atoms with E-state index in [0.29, 0.717) is 5.02 Å². The van der Waals surface area contributed by atoms with Crippen molar-refractivity contribution < 1.29 is 17.5 Å². The molecule has 10 heteroatoms. The minimum absolute atomic E-state index is 0.0190. The van der Waals surface area contributed by atoms with Crippen LogP contribution >= 0.6 is 23.2 Å². The van der Waals surface area contributed by atoms with E-state index >= 15 is 0 Å². The number of nitriles is 1. The van der Waals surface area contributed by atoms with Crippen LogP contribution in [0.25, 0.3) is 0 Å². The zero-order valence-corrected chi connectivity index (χ0v) is 16.3. The maximum absolute atomic E-state index is 13.5. The molecule has 3 N–H and O–H groups in total. The number of halogens is 3. The van der Waals surface area contributed by atoms with Crippen LogP contribution in [0, 0.1) is 17.1 Å². The van der Waals surface area contributed by atoms with Crippen LogP contribution in [0.4, 0.5) is 4.39 Å². The first-order valence-electron chi connectivity index (χ1n) is 7.75. The Morgan fingerprint density at radius 2 is 2.00 bits per heavy atom. The monoisotopic (exact) mass is 431 g/mol. The lowest BCUT2D eigenvalue weighted by Crippen LogP contribution is -2.34. The highest BCUT2D eigenvalue weighted by molar-refractivity contribution is 7.89. The molecule has 0 aliphatic carbocycles. The normalized spacial score (nSPS) is 12.4. The van der Waals surface area contributed by atoms with Gasteiger partial charge in [0.25, 0.3) is 0 Å². The number of hydrogen-bond donors (Lipinski definition) is 2. The van der Waals surface area contributed by atoms with Crippen molar-refractivity contribution in [1.29, 1.82) is 5.26 Å². The fraction of sp³-hybridized carbons (Fsp3) is 0.235. The van der Waals surface area contributed by atoms with Crippen LogP contribution in [-0.2, 0) is 10.0 Å². The zero-order valence-electron chi connectivity index (χ0n) is 14.0. The van der Waals surface area contributed by atoms with Gasteiger partial charge < -0.3 is 10.5 Å². The van der Waals surface area contributed by atoms with Gasteiger partial charge in [0.05, 0.1) is 10.6 Å². The van der Waals surface area contributed by atoms with Crippen LogP contribution in [0.15, 0.2) is 41.3 Å². The molecule has 0 aromatic heterocycles. The zero-order chi connectivity index (χ0) is 20.0. The van der Waals surface area contributed by atoms with Crippen molar-refractivity contribution in [3.63, 3.8) is 0 Å². The average molecular weight is 432 g/mol. The summed E-state index contributed by atoms with van der Waals surface area (Å²) in [4.78, 5) is -0.0774. The molecule has 0 saturated carbocycles. The Kier molecular flexibility index (Phi) is 7.41. The highest BCUT2D eigenvalue weighted by atomic mass is 35.5. The van der Waals surface area contributed by atoms with E-state index in [1.165, 1.54) is 30.3 Å². The van der Waals surface area contributed by atoms with Gasteiger partial charge in [0, 0.05) is 23.7 Å². The summed E-state index contributed by atoms with van der Waals surface area (Å²) in [7, 11) is -3.80. The third-order valence-corrected chi connectivity index (χ3v) is 5.69. The summed E-state index contributed by atoms with van der Waals surface area (Å²) < 4.78 is 45.7. The van der Waals surface area contributed by atoms with Crippen molar-refractivity contribution in [3.05, 3.63) is 57.8 Å². The second-order valence-electron chi connectivity index (χ2n) is 5.59. The van der Waals surface area contributed by atoms with Crippen LogP contribution < -0.4 is 15.2 Å². The predicted molar refractivity (Wildman–Crippen MR) is 101 cm³/mol. The summed E-state index contributed by atoms with van der Waals surface area (Å²) in [5.41, 5.74) is 5.80. The topological polar surface area (TPSA) is 105 Å². The Bertz CT molecular complexity index is 964. The van der Waals surface area contributed by atoms with Crippen molar-refractivity contribution in [2.45, 2.75) is 17.4 Å². The van der Waals surface area contributed by atoms with Gasteiger partial charge in [0.2, 0.25) is 10.0 Å². The van der Waals surface area contributed by atoms with E-state index in [9.17, 15) is 12.8 Å². The molecule has 0 aliphatic heterocycles. The molecule has 0 fully saturated rings. The number of benzene rings is 2. The molecule has 1 atom stereocenters. The van der Waals surface area contributed by atoms with E-state index < -0.39 is 21.9 Å². The summed E-state index contributed by atoms with van der Waals surface area (Å²) in [6.07, 6.45) is 0.281. The molecule has 0 aliphatic rings. The summed E-state index contributed by atoms with van der Waals surface area (Å²) in [6.45, 7) is 0.113. The second kappa shape index (κ2) is 9.35. The van der Waals surface area contributed by atoms with Gasteiger partial charge in [-0.3, -0.25) is 0 Å². The molecule has 2 rings (SSSR count). The highest BCUT2D eigenvalue weighted by Gasteiger charge is 2.18. The molecule has 0 heterocycles. The third-order valence-electron chi connectivity index (χ3n) is 3.52. The Labute approximate surface area is 166 Å². The number of nitrogens with one attached hydrogen (secondary N) is 1. The summed E-state index contributed by atoms with van der Waals surface area (Å²) >= 11 is 11.7. The summed E-state index contributed by atoms with van der Waals surface area (Å²) in [5.74, 6) is -0.452. The van der Waals surface area contributed by atoms with Gasteiger partial charge in [-0.1, -0.05) is 23.2 Å². The summed E-state index contributed by atoms with van der Waals surface area (Å²) in [5, 5.41) is 9.03. The Morgan fingerprint density at radius 3 is 2.63 bits per heavy atom. The van der Waals surface area contributed by atoms with Gasteiger partial charge in [-0.05, 0) is 36.8 Å². The fourth-order valence-corrected chi connectivity index (χ4v) is 3.93. The number of hydrogen-bond acceptors (Lipinski definition) is 5. The van der Waals surface area contributed by atoms with Gasteiger partial charge in [-0.2, -0.15) is 5.26 Å². The van der Waals surface area contributed by atoms with Crippen LogP contribution in [-0.4, -0.2) is 27.6 Å². The quantitative estimate of drug-likeness (QED) is 0.667. The van der Waals surface area contributed by atoms with Crippen molar-refractivity contribution in [1.82, 2.24) is 4.72 Å². The Balaban J connectivity index is 1.84. The van der Waals surface area contributed by atoms with Gasteiger partial charge in [-0.15, -0.1) is 0 Å². The lowest BCUT2D eigenvalue weighted by atomic mass is 10.2. The van der Waals surface area contributed by atoms with E-state index in [-0.39, 0.29) is 40.8 Å². The smallest absolute Gasteiger partial charge is 0.242 e. The third kappa shape index (κ3) is 6.06. The number of nitrogens with two attached hydrogens (primary N) is 1. The molecule has 0 bridgehead atoms. The molecule has 144 valence electrons. The molecule has 6 nitrogen and oxygen atoms in total. The van der Waals surface area contributed by atoms with Crippen LogP contribution in [0.3, 0.4) is 0 Å². The number of sulfonamides is 1. The lowest BCUT2D eigenvalue weighted by molar-refractivity contribution is 0.281. The SMILES string of the molecule is N#Cc1ccc(OC[C@H](N)CCNS(=O)(=O)c2ccc(Cl)cc2Cl)cc1F. The molecule has 0 spiro atoms. The Hall–Kier alpha value is -1.89. The van der Waals surface area contributed by atoms with E-state index in [1.807, 2.05) is 0 Å². The van der Waals surface area contributed by atoms with E-state index in [2.05, 4.69) is 4.72 Å². The van der Waals surface area contributed by atoms with Crippen LogP contribution in [0.5, 0.6) is 5.75 Å². The first-order valence-corrected chi connectivity index (χ1v) is 9.99. The molecule has 0 unspecified atom stereocenters. The minimum Gasteiger partial charge on any atom is -0.492 e. The predicted octanol–water partition coefficient (Wildman–Crippen LogP) is 3.08. The average Bonchev–Trinajstić information content (AvgIpc) is 2.59. The maximum atomic E-state index is 13.5. The van der Waals surface area contributed by atoms with E-state index in [0.717, 1.165) is 6.07 Å². The van der Waals surface area contributed by atoms with Crippen LogP contribution in [0.2, 0.25) is 10.0 Å². The molecule has 0 saturated heterocycles. The maximum Gasteiger partial charge on any atom is 0.242 e. The van der Waals surface area contributed by atoms with Crippen molar-refractivity contribution in [2.24, 2.45) is 5.73 Å². The highest BCUT2D eigenvalue weighted by Crippen LogP contribution is 2.24. The standard InChI is InChI=1S/C17H16Cl2FN3O3S/c18-12-2-4-17(15(19)7-12)27(24,25)23-6-5-13(22)10-26-14-3-1-11(9-21)16(20)8-14/h1-4,7-8,13,23H,5-6,10,22H2/t13-/m1/s1. The first-order chi connectivity index (χ1) is 12.7. The molecule has 2 aromatic rings. The van der Waals surface area contributed by atoms with Crippen molar-refractivity contribution in [2.75, 3.05) is 13.2 Å². The van der Waals surface area contributed by atoms with Crippen molar-refractivity contribution in [3.8, 4) is 11.8 Å². The molecular formula is C17H16Cl2FN3O3S. The molecule has 2 aromatic carbocycles. The lowest BCUT2D eigenvalue weighted by Gasteiger charge is -2.14. The van der Waals surface area contributed by atoms with Gasteiger partial charge in [0.1, 0.15) is 29.1 Å². The minimum atomic E-state index is -3.80. The molecule has 27 heavy (non-hydrogen) atoms. The van der Waals surface area contributed by atoms with Crippen molar-refractivity contribution >= 4 is 33.2 Å². The van der Waals surface area contributed by atoms with E-state index in [1.54, 1.807) is 6.07 Å². The van der Waals surface area contributed by atoms with Crippen LogP contribution in [0.1, 0.15) is 12.0 Å². The Morgan fingerprint density at radius 1 is 1.26 bits per heavy atom. The number of ether oxygens (including phenoxy) is 1. The second-order valence-corrected chi connectivity index (χ2v) is 8.16. The molecule has 0 amide bonds. The first kappa shape index (κ1) is 21.4. The largest absolute Gasteiger partial charge is 0.492 e. The van der Waals surface area contributed by atoms with E-state index in [4.69, 9.17) is 38.9 Å². The number of rotatable bonds is 8. The van der Waals surface area contributed by atoms with Gasteiger partial charge >= 0.3 is 0 Å². The fourth-order valence-electron chi connectivity index (χ4n) is 2.11. The summed E-state index contributed by atoms with van der Waals surface area (Å²) in [6, 6.07) is 9.16. The van der Waals surface area contributed by atoms with Gasteiger partial charge in [-0.25, -0.2) is 17.5 Å². The van der Waals surface area contributed by atoms with Gasteiger partial charge in [0.15, 0.2) is 0 Å². The molecule has 0 radical (unpaired) electrons.